The second-order valence-corrected chi connectivity index (χ2v) is 7.08. The third kappa shape index (κ3) is 3.82. The molecule has 0 saturated heterocycles. The third-order valence-electron chi connectivity index (χ3n) is 4.73. The number of para-hydroxylation sites is 1. The summed E-state index contributed by atoms with van der Waals surface area (Å²) >= 11 is 6.13. The number of rotatable bonds is 4. The van der Waals surface area contributed by atoms with Gasteiger partial charge in [-0.2, -0.15) is 0 Å². The van der Waals surface area contributed by atoms with Gasteiger partial charge in [0.15, 0.2) is 0 Å². The quantitative estimate of drug-likeness (QED) is 0.459. The fourth-order valence-electron chi connectivity index (χ4n) is 3.22. The van der Waals surface area contributed by atoms with Gasteiger partial charge >= 0.3 is 0 Å². The van der Waals surface area contributed by atoms with Gasteiger partial charge in [-0.05, 0) is 36.4 Å². The van der Waals surface area contributed by atoms with Gasteiger partial charge in [-0.15, -0.1) is 0 Å². The molecule has 0 spiro atoms. The van der Waals surface area contributed by atoms with Crippen molar-refractivity contribution in [1.82, 2.24) is 14.9 Å². The van der Waals surface area contributed by atoms with Crippen LogP contribution in [0.4, 0.5) is 4.39 Å². The summed E-state index contributed by atoms with van der Waals surface area (Å²) in [5, 5.41) is 1.03. The number of hydrogen-bond acceptors (Lipinski definition) is 3. The summed E-state index contributed by atoms with van der Waals surface area (Å²) < 4.78 is 14.2. The molecule has 2 aromatic heterocycles. The molecule has 0 aliphatic carbocycles. The molecule has 0 saturated carbocycles. The van der Waals surface area contributed by atoms with Crippen molar-refractivity contribution in [2.75, 3.05) is 7.05 Å². The van der Waals surface area contributed by atoms with Gasteiger partial charge in [0.2, 0.25) is 0 Å². The molecular formula is C23H17ClFN3O. The number of pyridine rings is 2. The van der Waals surface area contributed by atoms with Crippen LogP contribution in [-0.2, 0) is 6.54 Å². The molecule has 2 aromatic carbocycles. The highest BCUT2D eigenvalue weighted by molar-refractivity contribution is 6.31. The molecule has 0 fully saturated rings. The van der Waals surface area contributed by atoms with Gasteiger partial charge < -0.3 is 4.90 Å². The van der Waals surface area contributed by atoms with E-state index in [2.05, 4.69) is 9.97 Å². The first kappa shape index (κ1) is 19.0. The van der Waals surface area contributed by atoms with E-state index in [1.165, 1.54) is 11.0 Å². The summed E-state index contributed by atoms with van der Waals surface area (Å²) in [4.78, 5) is 23.5. The average molecular weight is 406 g/mol. The van der Waals surface area contributed by atoms with Crippen LogP contribution in [0.5, 0.6) is 0 Å². The Hall–Kier alpha value is -3.31. The Kier molecular flexibility index (Phi) is 5.23. The maximum absolute atomic E-state index is 14.2. The predicted molar refractivity (Wildman–Crippen MR) is 112 cm³/mol. The minimum Gasteiger partial charge on any atom is -0.337 e. The second kappa shape index (κ2) is 7.97. The molecule has 4 rings (SSSR count). The van der Waals surface area contributed by atoms with Gasteiger partial charge in [0, 0.05) is 47.5 Å². The first-order chi connectivity index (χ1) is 14.0. The Morgan fingerprint density at radius 1 is 1.07 bits per heavy atom. The van der Waals surface area contributed by atoms with Crippen molar-refractivity contribution in [3.8, 4) is 11.3 Å². The zero-order valence-corrected chi connectivity index (χ0v) is 16.4. The second-order valence-electron chi connectivity index (χ2n) is 6.67. The molecular weight excluding hydrogens is 389 g/mol. The van der Waals surface area contributed by atoms with E-state index in [4.69, 9.17) is 11.6 Å². The van der Waals surface area contributed by atoms with E-state index in [1.54, 1.807) is 37.6 Å². The van der Waals surface area contributed by atoms with E-state index in [-0.39, 0.29) is 18.0 Å². The fraction of sp³-hybridized carbons (Fsp3) is 0.0870. The van der Waals surface area contributed by atoms with Crippen LogP contribution in [0.15, 0.2) is 73.1 Å². The van der Waals surface area contributed by atoms with Crippen molar-refractivity contribution in [2.45, 2.75) is 6.54 Å². The van der Waals surface area contributed by atoms with Crippen LogP contribution in [0.1, 0.15) is 15.9 Å². The molecule has 0 aliphatic heterocycles. The van der Waals surface area contributed by atoms with Crippen molar-refractivity contribution in [2.24, 2.45) is 0 Å². The summed E-state index contributed by atoms with van der Waals surface area (Å²) in [6, 6.07) is 17.4. The Balaban J connectivity index is 1.77. The lowest BCUT2D eigenvalue weighted by molar-refractivity contribution is 0.0786. The van der Waals surface area contributed by atoms with Crippen molar-refractivity contribution in [3.63, 3.8) is 0 Å². The minimum absolute atomic E-state index is 0.0611. The molecule has 2 heterocycles. The maximum Gasteiger partial charge on any atom is 0.254 e. The van der Waals surface area contributed by atoms with Gasteiger partial charge in [0.05, 0.1) is 16.8 Å². The topological polar surface area (TPSA) is 46.1 Å². The Morgan fingerprint density at radius 2 is 1.83 bits per heavy atom. The van der Waals surface area contributed by atoms with Crippen LogP contribution < -0.4 is 0 Å². The van der Waals surface area contributed by atoms with Gasteiger partial charge in [-0.25, -0.2) is 9.37 Å². The molecule has 6 heteroatoms. The molecule has 0 atom stereocenters. The van der Waals surface area contributed by atoms with Crippen molar-refractivity contribution in [3.05, 3.63) is 95.0 Å². The van der Waals surface area contributed by atoms with Gasteiger partial charge in [0.1, 0.15) is 5.82 Å². The van der Waals surface area contributed by atoms with Crippen molar-refractivity contribution in [1.29, 1.82) is 0 Å². The number of amides is 1. The Bertz CT molecular complexity index is 1180. The van der Waals surface area contributed by atoms with Gasteiger partial charge in [-0.3, -0.25) is 9.78 Å². The summed E-state index contributed by atoms with van der Waals surface area (Å²) in [5.41, 5.74) is 3.03. The van der Waals surface area contributed by atoms with Gasteiger partial charge in [0.25, 0.3) is 5.91 Å². The lowest BCUT2D eigenvalue weighted by Gasteiger charge is -2.20. The Morgan fingerprint density at radius 3 is 2.59 bits per heavy atom. The normalized spacial score (nSPS) is 10.9. The summed E-state index contributed by atoms with van der Waals surface area (Å²) in [5.74, 6) is -0.674. The largest absolute Gasteiger partial charge is 0.337 e. The van der Waals surface area contributed by atoms with E-state index in [1.807, 2.05) is 36.4 Å². The van der Waals surface area contributed by atoms with Gasteiger partial charge in [-0.1, -0.05) is 35.9 Å². The number of benzene rings is 2. The van der Waals surface area contributed by atoms with Crippen LogP contribution in [-0.4, -0.2) is 27.8 Å². The number of nitrogens with zero attached hydrogens (tertiary/aromatic N) is 3. The standard InChI is InChI=1S/C23H17ClFN3O/c1-28(14-18-19(24)6-4-7-20(18)25)23(29)17-13-22(15-9-11-26-12-10-15)27-21-8-3-2-5-16(17)21/h2-13H,14H2,1H3. The maximum atomic E-state index is 14.2. The zero-order chi connectivity index (χ0) is 20.4. The highest BCUT2D eigenvalue weighted by Gasteiger charge is 2.19. The van der Waals surface area contributed by atoms with Crippen molar-refractivity contribution < 1.29 is 9.18 Å². The average Bonchev–Trinajstić information content (AvgIpc) is 2.75. The third-order valence-corrected chi connectivity index (χ3v) is 5.08. The number of halogens is 2. The van der Waals surface area contributed by atoms with E-state index >= 15 is 0 Å². The molecule has 0 bridgehead atoms. The lowest BCUT2D eigenvalue weighted by atomic mass is 10.0. The highest BCUT2D eigenvalue weighted by Crippen LogP contribution is 2.27. The smallest absolute Gasteiger partial charge is 0.254 e. The Labute approximate surface area is 172 Å². The first-order valence-corrected chi connectivity index (χ1v) is 9.41. The molecule has 4 nitrogen and oxygen atoms in total. The minimum atomic E-state index is -0.436. The van der Waals surface area contributed by atoms with Crippen LogP contribution >= 0.6 is 11.6 Å². The number of carbonyl (C=O) groups excluding carboxylic acids is 1. The molecule has 0 aliphatic rings. The lowest BCUT2D eigenvalue weighted by Crippen LogP contribution is -2.27. The molecule has 144 valence electrons. The summed E-state index contributed by atoms with van der Waals surface area (Å²) in [6.45, 7) is 0.0611. The number of aromatic nitrogens is 2. The molecule has 4 aromatic rings. The van der Waals surface area contributed by atoms with Crippen LogP contribution in [0, 0.1) is 5.82 Å². The number of carbonyl (C=O) groups is 1. The number of hydrogen-bond donors (Lipinski definition) is 0. The van der Waals surface area contributed by atoms with E-state index in [0.29, 0.717) is 21.8 Å². The highest BCUT2D eigenvalue weighted by atomic mass is 35.5. The van der Waals surface area contributed by atoms with Crippen LogP contribution in [0.2, 0.25) is 5.02 Å². The van der Waals surface area contributed by atoms with E-state index in [0.717, 1.165) is 10.9 Å². The molecule has 0 unspecified atom stereocenters. The fourth-order valence-corrected chi connectivity index (χ4v) is 3.44. The van der Waals surface area contributed by atoms with Crippen molar-refractivity contribution >= 4 is 28.4 Å². The molecule has 29 heavy (non-hydrogen) atoms. The predicted octanol–water partition coefficient (Wildman–Crippen LogP) is 5.36. The molecule has 1 amide bonds. The SMILES string of the molecule is CN(Cc1c(F)cccc1Cl)C(=O)c1cc(-c2ccncc2)nc2ccccc12. The summed E-state index contributed by atoms with van der Waals surface area (Å²) in [6.07, 6.45) is 3.36. The van der Waals surface area contributed by atoms with Crippen LogP contribution in [0.25, 0.3) is 22.2 Å². The molecule has 0 N–H and O–H groups in total. The molecule has 0 radical (unpaired) electrons. The number of fused-ring (bicyclic) bond motifs is 1. The summed E-state index contributed by atoms with van der Waals surface area (Å²) in [7, 11) is 1.63. The van der Waals surface area contributed by atoms with E-state index < -0.39 is 5.82 Å². The van der Waals surface area contributed by atoms with Crippen LogP contribution in [0.3, 0.4) is 0 Å². The monoisotopic (exact) mass is 405 g/mol. The van der Waals surface area contributed by atoms with E-state index in [9.17, 15) is 9.18 Å². The first-order valence-electron chi connectivity index (χ1n) is 9.03. The zero-order valence-electron chi connectivity index (χ0n) is 15.6.